The van der Waals surface area contributed by atoms with Crippen molar-refractivity contribution in [2.45, 2.75) is 26.8 Å². The Morgan fingerprint density at radius 1 is 1.55 bits per heavy atom. The van der Waals surface area contributed by atoms with E-state index in [-0.39, 0.29) is 17.7 Å². The Balaban J connectivity index is 2.41. The number of nitrogens with zero attached hydrogens (tertiary/aromatic N) is 4. The van der Waals surface area contributed by atoms with Crippen molar-refractivity contribution < 1.29 is 19.0 Å². The van der Waals surface area contributed by atoms with Crippen molar-refractivity contribution >= 4 is 18.1 Å². The molecule has 0 spiro atoms. The minimum absolute atomic E-state index is 0.0690. The minimum atomic E-state index is -0.629. The van der Waals surface area contributed by atoms with Gasteiger partial charge < -0.3 is 9.25 Å². The summed E-state index contributed by atoms with van der Waals surface area (Å²) in [5.41, 5.74) is 0.886. The molecule has 2 heterocycles. The van der Waals surface area contributed by atoms with Gasteiger partial charge >= 0.3 is 11.9 Å². The molecule has 9 heteroatoms. The van der Waals surface area contributed by atoms with Crippen LogP contribution in [-0.4, -0.2) is 26.9 Å². The molecule has 2 aromatic rings. The van der Waals surface area contributed by atoms with Crippen LogP contribution in [0.2, 0.25) is 0 Å². The zero-order chi connectivity index (χ0) is 16.3. The number of oxime groups is 1. The number of furan rings is 1. The Morgan fingerprint density at radius 2 is 2.27 bits per heavy atom. The van der Waals surface area contributed by atoms with Gasteiger partial charge in [0.1, 0.15) is 10.6 Å². The average molecular weight is 306 g/mol. The molecule has 0 N–H and O–H groups in total. The molecule has 0 amide bonds. The quantitative estimate of drug-likeness (QED) is 0.363. The van der Waals surface area contributed by atoms with Crippen LogP contribution in [0.4, 0.5) is 5.88 Å². The van der Waals surface area contributed by atoms with Gasteiger partial charge in [-0.15, -0.1) is 0 Å². The summed E-state index contributed by atoms with van der Waals surface area (Å²) in [6.07, 6.45) is 2.98. The summed E-state index contributed by atoms with van der Waals surface area (Å²) in [4.78, 5) is 25.3. The first-order valence-corrected chi connectivity index (χ1v) is 6.43. The molecule has 116 valence electrons. The molecule has 0 fully saturated rings. The Hall–Kier alpha value is -2.97. The summed E-state index contributed by atoms with van der Waals surface area (Å²) >= 11 is 0. The van der Waals surface area contributed by atoms with Gasteiger partial charge in [-0.1, -0.05) is 5.16 Å². The van der Waals surface area contributed by atoms with E-state index in [4.69, 9.17) is 4.42 Å². The van der Waals surface area contributed by atoms with Gasteiger partial charge in [0, 0.05) is 24.7 Å². The second-order valence-corrected chi connectivity index (χ2v) is 4.72. The SMILES string of the molecule is CC(=O)ON=Cc1cn(C(C)C)nc1-c1ccc([N+](=O)[O-])o1. The molecule has 0 radical (unpaired) electrons. The molecule has 0 unspecified atom stereocenters. The molecular formula is C13H14N4O5. The van der Waals surface area contributed by atoms with Crippen LogP contribution in [0.3, 0.4) is 0 Å². The minimum Gasteiger partial charge on any atom is -0.399 e. The van der Waals surface area contributed by atoms with Crippen LogP contribution in [0, 0.1) is 10.1 Å². The largest absolute Gasteiger partial charge is 0.433 e. The van der Waals surface area contributed by atoms with Crippen molar-refractivity contribution in [1.82, 2.24) is 9.78 Å². The highest BCUT2D eigenvalue weighted by Crippen LogP contribution is 2.27. The third-order valence-electron chi connectivity index (χ3n) is 2.67. The number of carbonyl (C=O) groups excluding carboxylic acids is 1. The van der Waals surface area contributed by atoms with Crippen LogP contribution in [0.15, 0.2) is 27.9 Å². The van der Waals surface area contributed by atoms with E-state index in [1.807, 2.05) is 13.8 Å². The van der Waals surface area contributed by atoms with Crippen molar-refractivity contribution in [1.29, 1.82) is 0 Å². The predicted octanol–water partition coefficient (Wildman–Crippen LogP) is 2.53. The van der Waals surface area contributed by atoms with Crippen LogP contribution < -0.4 is 0 Å². The summed E-state index contributed by atoms with van der Waals surface area (Å²) in [5, 5.41) is 18.6. The Kier molecular flexibility index (Phi) is 4.35. The first kappa shape index (κ1) is 15.4. The lowest BCUT2D eigenvalue weighted by molar-refractivity contribution is -0.401. The van der Waals surface area contributed by atoms with Gasteiger partial charge in [-0.05, 0) is 19.9 Å². The van der Waals surface area contributed by atoms with Crippen molar-refractivity contribution in [3.8, 4) is 11.5 Å². The van der Waals surface area contributed by atoms with Crippen molar-refractivity contribution in [3.63, 3.8) is 0 Å². The first-order chi connectivity index (χ1) is 10.4. The maximum Gasteiger partial charge on any atom is 0.433 e. The van der Waals surface area contributed by atoms with Gasteiger partial charge in [0.15, 0.2) is 5.76 Å². The number of carbonyl (C=O) groups is 1. The number of aromatic nitrogens is 2. The molecule has 0 atom stereocenters. The molecule has 0 aromatic carbocycles. The topological polar surface area (TPSA) is 113 Å². The second kappa shape index (κ2) is 6.20. The highest BCUT2D eigenvalue weighted by Gasteiger charge is 2.19. The fourth-order valence-electron chi connectivity index (χ4n) is 1.67. The Bertz CT molecular complexity index is 729. The summed E-state index contributed by atoms with van der Waals surface area (Å²) in [7, 11) is 0. The van der Waals surface area contributed by atoms with Crippen LogP contribution in [0.5, 0.6) is 0 Å². The molecular weight excluding hydrogens is 292 g/mol. The lowest BCUT2D eigenvalue weighted by Crippen LogP contribution is -2.00. The van der Waals surface area contributed by atoms with E-state index in [1.165, 1.54) is 25.3 Å². The number of rotatable bonds is 5. The lowest BCUT2D eigenvalue weighted by Gasteiger charge is -2.02. The van der Waals surface area contributed by atoms with Crippen LogP contribution in [0.1, 0.15) is 32.4 Å². The van der Waals surface area contributed by atoms with E-state index in [2.05, 4.69) is 15.1 Å². The van der Waals surface area contributed by atoms with Gasteiger partial charge in [-0.3, -0.25) is 14.8 Å². The van der Waals surface area contributed by atoms with Gasteiger partial charge in [0.2, 0.25) is 0 Å². The lowest BCUT2D eigenvalue weighted by atomic mass is 10.2. The smallest absolute Gasteiger partial charge is 0.399 e. The fourth-order valence-corrected chi connectivity index (χ4v) is 1.67. The monoisotopic (exact) mass is 306 g/mol. The van der Waals surface area contributed by atoms with Crippen molar-refractivity contribution in [2.75, 3.05) is 0 Å². The van der Waals surface area contributed by atoms with Crippen molar-refractivity contribution in [3.05, 3.63) is 34.0 Å². The molecule has 2 rings (SSSR count). The maximum absolute atomic E-state index is 10.7. The van der Waals surface area contributed by atoms with Gasteiger partial charge in [0.25, 0.3) is 0 Å². The van der Waals surface area contributed by atoms with E-state index in [1.54, 1.807) is 10.9 Å². The average Bonchev–Trinajstić information content (AvgIpc) is 3.03. The fraction of sp³-hybridized carbons (Fsp3) is 0.308. The standard InChI is InChI=1S/C13H14N4O5/c1-8(2)16-7-10(6-14-22-9(3)18)13(15-16)11-4-5-12(21-11)17(19)20/h4-8H,1-3H3. The maximum atomic E-state index is 10.7. The second-order valence-electron chi connectivity index (χ2n) is 4.72. The molecule has 22 heavy (non-hydrogen) atoms. The number of nitro groups is 1. The zero-order valence-electron chi connectivity index (χ0n) is 12.2. The van der Waals surface area contributed by atoms with E-state index in [0.717, 1.165) is 0 Å². The van der Waals surface area contributed by atoms with Gasteiger partial charge in [-0.25, -0.2) is 4.79 Å². The molecule has 9 nitrogen and oxygen atoms in total. The molecule has 0 aliphatic heterocycles. The molecule has 0 saturated carbocycles. The first-order valence-electron chi connectivity index (χ1n) is 6.43. The highest BCUT2D eigenvalue weighted by atomic mass is 16.7. The Morgan fingerprint density at radius 3 is 2.82 bits per heavy atom. The molecule has 0 aliphatic rings. The van der Waals surface area contributed by atoms with Gasteiger partial charge in [-0.2, -0.15) is 5.10 Å². The number of hydrogen-bond donors (Lipinski definition) is 0. The summed E-state index contributed by atoms with van der Waals surface area (Å²) in [6, 6.07) is 2.77. The zero-order valence-corrected chi connectivity index (χ0v) is 12.2. The molecule has 2 aromatic heterocycles. The number of hydrogen-bond acceptors (Lipinski definition) is 7. The van der Waals surface area contributed by atoms with E-state index in [9.17, 15) is 14.9 Å². The van der Waals surface area contributed by atoms with Gasteiger partial charge in [0.05, 0.1) is 12.3 Å². The molecule has 0 aliphatic carbocycles. The third-order valence-corrected chi connectivity index (χ3v) is 2.67. The molecule has 0 bridgehead atoms. The third kappa shape index (κ3) is 3.37. The summed E-state index contributed by atoms with van der Waals surface area (Å²) < 4.78 is 6.80. The summed E-state index contributed by atoms with van der Waals surface area (Å²) in [6.45, 7) is 5.08. The van der Waals surface area contributed by atoms with Crippen molar-refractivity contribution in [2.24, 2.45) is 5.16 Å². The highest BCUT2D eigenvalue weighted by molar-refractivity contribution is 5.87. The van der Waals surface area contributed by atoms with Crippen LogP contribution >= 0.6 is 0 Å². The molecule has 0 saturated heterocycles. The van der Waals surface area contributed by atoms with Crippen LogP contribution in [0.25, 0.3) is 11.5 Å². The predicted molar refractivity (Wildman–Crippen MR) is 76.3 cm³/mol. The van der Waals surface area contributed by atoms with E-state index < -0.39 is 10.9 Å². The Labute approximate surface area is 125 Å². The summed E-state index contributed by atoms with van der Waals surface area (Å²) in [5.74, 6) is -0.699. The van der Waals surface area contributed by atoms with E-state index >= 15 is 0 Å². The van der Waals surface area contributed by atoms with E-state index in [0.29, 0.717) is 11.3 Å². The van der Waals surface area contributed by atoms with Crippen LogP contribution in [-0.2, 0) is 9.63 Å². The normalized spacial score (nSPS) is 11.3.